The number of hydrogen-bond donors (Lipinski definition) is 2. The number of carboxylic acids is 1. The topological polar surface area (TPSA) is 103 Å². The van der Waals surface area contributed by atoms with Gasteiger partial charge in [-0.3, -0.25) is 9.59 Å². The molecule has 0 amide bonds. The van der Waals surface area contributed by atoms with Crippen LogP contribution in [-0.2, 0) is 24.4 Å². The average Bonchev–Trinajstić information content (AvgIpc) is 3.26. The molecule has 3 aromatic carbocycles. The molecule has 1 aromatic heterocycles. The summed E-state index contributed by atoms with van der Waals surface area (Å²) in [7, 11) is 0. The zero-order chi connectivity index (χ0) is 23.4. The number of furan rings is 1. The lowest BCUT2D eigenvalue weighted by Crippen LogP contribution is -2.04. The van der Waals surface area contributed by atoms with E-state index in [0.29, 0.717) is 35.6 Å². The van der Waals surface area contributed by atoms with Crippen LogP contribution in [0.4, 0.5) is 0 Å². The van der Waals surface area contributed by atoms with Gasteiger partial charge in [-0.05, 0) is 47.0 Å². The van der Waals surface area contributed by atoms with Gasteiger partial charge >= 0.3 is 5.97 Å². The zero-order valence-corrected chi connectivity index (χ0v) is 18.3. The summed E-state index contributed by atoms with van der Waals surface area (Å²) in [5, 5.41) is 9.97. The lowest BCUT2D eigenvalue weighted by atomic mass is 9.99. The van der Waals surface area contributed by atoms with Crippen molar-refractivity contribution in [3.63, 3.8) is 0 Å². The van der Waals surface area contributed by atoms with E-state index in [1.54, 1.807) is 31.2 Å². The molecule has 4 rings (SSSR count). The standard InChI is InChI=1S/C27H25NO5/c1-2-23(29)25-13-21-11-18(16-32-24-9-4-3-7-20(24)14-26(30)31)12-22(27(21)33-25)19-8-5-6-17(10-19)15-28/h3-13H,2,14-16,28H2,1H3,(H,30,31). The largest absolute Gasteiger partial charge is 0.489 e. The molecule has 0 spiro atoms. The van der Waals surface area contributed by atoms with Crippen LogP contribution in [0.3, 0.4) is 0 Å². The predicted molar refractivity (Wildman–Crippen MR) is 126 cm³/mol. The van der Waals surface area contributed by atoms with Crippen LogP contribution in [0.2, 0.25) is 0 Å². The summed E-state index contributed by atoms with van der Waals surface area (Å²) in [6.45, 7) is 2.45. The molecule has 0 aliphatic carbocycles. The van der Waals surface area contributed by atoms with Gasteiger partial charge in [-0.1, -0.05) is 43.3 Å². The predicted octanol–water partition coefficient (Wildman–Crippen LogP) is 5.36. The number of rotatable bonds is 9. The van der Waals surface area contributed by atoms with Gasteiger partial charge in [0.2, 0.25) is 0 Å². The Morgan fingerprint density at radius 2 is 1.82 bits per heavy atom. The molecule has 0 unspecified atom stereocenters. The second-order valence-corrected chi connectivity index (χ2v) is 7.82. The van der Waals surface area contributed by atoms with Gasteiger partial charge in [-0.2, -0.15) is 0 Å². The van der Waals surface area contributed by atoms with E-state index in [-0.39, 0.29) is 18.8 Å². The Kier molecular flexibility index (Phi) is 6.56. The molecule has 3 N–H and O–H groups in total. The maximum Gasteiger partial charge on any atom is 0.307 e. The SMILES string of the molecule is CCC(=O)c1cc2cc(COc3ccccc3CC(=O)O)cc(-c3cccc(CN)c3)c2o1. The molecule has 0 atom stereocenters. The lowest BCUT2D eigenvalue weighted by Gasteiger charge is -2.12. The second kappa shape index (κ2) is 9.71. The maximum absolute atomic E-state index is 12.3. The molecular formula is C27H25NO5. The molecule has 1 heterocycles. The molecule has 0 fully saturated rings. The molecule has 0 radical (unpaired) electrons. The van der Waals surface area contributed by atoms with Gasteiger partial charge in [0.1, 0.15) is 17.9 Å². The number of hydrogen-bond acceptors (Lipinski definition) is 5. The number of ether oxygens (including phenoxy) is 1. The van der Waals surface area contributed by atoms with Crippen molar-refractivity contribution >= 4 is 22.7 Å². The zero-order valence-electron chi connectivity index (χ0n) is 18.3. The number of ketones is 1. The molecule has 0 saturated carbocycles. The smallest absolute Gasteiger partial charge is 0.307 e. The highest BCUT2D eigenvalue weighted by Crippen LogP contribution is 2.34. The Labute approximate surface area is 191 Å². The minimum atomic E-state index is -0.916. The van der Waals surface area contributed by atoms with Gasteiger partial charge in [0, 0.05) is 29.5 Å². The fraction of sp³-hybridized carbons (Fsp3) is 0.185. The van der Waals surface area contributed by atoms with Crippen molar-refractivity contribution < 1.29 is 23.8 Å². The number of para-hydroxylation sites is 1. The van der Waals surface area contributed by atoms with Crippen molar-refractivity contribution in [3.8, 4) is 16.9 Å². The summed E-state index contributed by atoms with van der Waals surface area (Å²) in [6.07, 6.45) is 0.241. The van der Waals surface area contributed by atoms with Crippen LogP contribution in [0.1, 0.15) is 40.6 Å². The normalized spacial score (nSPS) is 11.0. The molecule has 0 bridgehead atoms. The fourth-order valence-electron chi connectivity index (χ4n) is 3.81. The number of carboxylic acid groups (broad SMARTS) is 1. The van der Waals surface area contributed by atoms with Crippen molar-refractivity contribution in [1.29, 1.82) is 0 Å². The highest BCUT2D eigenvalue weighted by atomic mass is 16.5. The lowest BCUT2D eigenvalue weighted by molar-refractivity contribution is -0.136. The molecule has 6 nitrogen and oxygen atoms in total. The molecule has 6 heteroatoms. The first-order valence-corrected chi connectivity index (χ1v) is 10.8. The van der Waals surface area contributed by atoms with E-state index >= 15 is 0 Å². The van der Waals surface area contributed by atoms with Gasteiger partial charge < -0.3 is 20.0 Å². The Bertz CT molecular complexity index is 1320. The van der Waals surface area contributed by atoms with Crippen LogP contribution in [0.5, 0.6) is 5.75 Å². The molecule has 4 aromatic rings. The van der Waals surface area contributed by atoms with Crippen LogP contribution in [0, 0.1) is 0 Å². The maximum atomic E-state index is 12.3. The summed E-state index contributed by atoms with van der Waals surface area (Å²) in [4.78, 5) is 23.4. The Hall–Kier alpha value is -3.90. The third-order valence-electron chi connectivity index (χ3n) is 5.45. The van der Waals surface area contributed by atoms with Gasteiger partial charge in [-0.25, -0.2) is 0 Å². The number of Topliss-reactive ketones (excluding diaryl/α,β-unsaturated/α-hetero) is 1. The monoisotopic (exact) mass is 443 g/mol. The number of benzene rings is 3. The van der Waals surface area contributed by atoms with Gasteiger partial charge in [0.15, 0.2) is 11.5 Å². The third kappa shape index (κ3) is 4.96. The first kappa shape index (κ1) is 22.3. The van der Waals surface area contributed by atoms with E-state index < -0.39 is 5.97 Å². The number of fused-ring (bicyclic) bond motifs is 1. The molecule has 0 aliphatic heterocycles. The Morgan fingerprint density at radius 1 is 1.00 bits per heavy atom. The fourth-order valence-corrected chi connectivity index (χ4v) is 3.81. The van der Waals surface area contributed by atoms with Gasteiger partial charge in [-0.15, -0.1) is 0 Å². The van der Waals surface area contributed by atoms with E-state index in [1.165, 1.54) is 0 Å². The second-order valence-electron chi connectivity index (χ2n) is 7.82. The van der Waals surface area contributed by atoms with Crippen LogP contribution in [0.25, 0.3) is 22.1 Å². The summed E-state index contributed by atoms with van der Waals surface area (Å²) < 4.78 is 12.0. The Balaban J connectivity index is 1.75. The van der Waals surface area contributed by atoms with Crippen LogP contribution in [-0.4, -0.2) is 16.9 Å². The number of nitrogens with two attached hydrogens (primary N) is 1. The third-order valence-corrected chi connectivity index (χ3v) is 5.45. The van der Waals surface area contributed by atoms with Crippen LogP contribution >= 0.6 is 0 Å². The molecule has 33 heavy (non-hydrogen) atoms. The number of carbonyl (C=O) groups is 2. The van der Waals surface area contributed by atoms with Crippen molar-refractivity contribution in [3.05, 3.63) is 89.2 Å². The van der Waals surface area contributed by atoms with Gasteiger partial charge in [0.05, 0.1) is 6.42 Å². The van der Waals surface area contributed by atoms with E-state index in [9.17, 15) is 9.59 Å². The summed E-state index contributed by atoms with van der Waals surface area (Å²) in [6, 6.07) is 20.7. The summed E-state index contributed by atoms with van der Waals surface area (Å²) >= 11 is 0. The highest BCUT2D eigenvalue weighted by molar-refractivity contribution is 6.01. The van der Waals surface area contributed by atoms with E-state index in [2.05, 4.69) is 0 Å². The van der Waals surface area contributed by atoms with E-state index in [0.717, 1.165) is 27.6 Å². The number of carbonyl (C=O) groups excluding carboxylic acids is 1. The first-order valence-electron chi connectivity index (χ1n) is 10.8. The summed E-state index contributed by atoms with van der Waals surface area (Å²) in [5.74, 6) is -0.122. The van der Waals surface area contributed by atoms with Gasteiger partial charge in [0.25, 0.3) is 0 Å². The van der Waals surface area contributed by atoms with Crippen molar-refractivity contribution in [2.24, 2.45) is 5.73 Å². The Morgan fingerprint density at radius 3 is 2.58 bits per heavy atom. The number of aliphatic carboxylic acids is 1. The minimum absolute atomic E-state index is 0.0618. The van der Waals surface area contributed by atoms with Crippen LogP contribution < -0.4 is 10.5 Å². The van der Waals surface area contributed by atoms with E-state index in [1.807, 2.05) is 42.5 Å². The van der Waals surface area contributed by atoms with Crippen LogP contribution in [0.15, 0.2) is 71.1 Å². The van der Waals surface area contributed by atoms with Crippen molar-refractivity contribution in [1.82, 2.24) is 0 Å². The quantitative estimate of drug-likeness (QED) is 0.338. The first-order chi connectivity index (χ1) is 16.0. The van der Waals surface area contributed by atoms with Crippen molar-refractivity contribution in [2.75, 3.05) is 0 Å². The average molecular weight is 443 g/mol. The van der Waals surface area contributed by atoms with Crippen molar-refractivity contribution in [2.45, 2.75) is 32.9 Å². The molecule has 0 saturated heterocycles. The van der Waals surface area contributed by atoms with E-state index in [4.69, 9.17) is 20.0 Å². The highest BCUT2D eigenvalue weighted by Gasteiger charge is 2.16. The summed E-state index contributed by atoms with van der Waals surface area (Å²) in [5.41, 5.74) is 10.7. The molecule has 168 valence electrons. The molecule has 0 aliphatic rings. The molecular weight excluding hydrogens is 418 g/mol. The minimum Gasteiger partial charge on any atom is -0.489 e.